The molecular formula is C14H14ClFN2O. The van der Waals surface area contributed by atoms with Crippen LogP contribution < -0.4 is 15.8 Å². The molecule has 2 rings (SSSR count). The molecule has 5 heteroatoms. The Morgan fingerprint density at radius 2 is 2.00 bits per heavy atom. The van der Waals surface area contributed by atoms with Crippen LogP contribution in [-0.2, 0) is 0 Å². The first-order valence-electron chi connectivity index (χ1n) is 5.67. The van der Waals surface area contributed by atoms with Gasteiger partial charge < -0.3 is 15.8 Å². The Morgan fingerprint density at radius 1 is 1.26 bits per heavy atom. The molecule has 2 aromatic carbocycles. The third kappa shape index (κ3) is 2.90. The molecule has 3 nitrogen and oxygen atoms in total. The average molecular weight is 281 g/mol. The minimum atomic E-state index is -0.441. The summed E-state index contributed by atoms with van der Waals surface area (Å²) < 4.78 is 18.5. The zero-order chi connectivity index (χ0) is 14.0. The summed E-state index contributed by atoms with van der Waals surface area (Å²) in [6, 6.07) is 8.22. The largest absolute Gasteiger partial charge is 0.494 e. The summed E-state index contributed by atoms with van der Waals surface area (Å²) in [4.78, 5) is 0. The van der Waals surface area contributed by atoms with Gasteiger partial charge in [-0.15, -0.1) is 0 Å². The number of nitrogens with two attached hydrogens (primary N) is 1. The molecule has 100 valence electrons. The molecule has 0 radical (unpaired) electrons. The third-order valence-corrected chi connectivity index (χ3v) is 3.10. The average Bonchev–Trinajstić information content (AvgIpc) is 2.35. The van der Waals surface area contributed by atoms with Crippen LogP contribution in [0.25, 0.3) is 0 Å². The van der Waals surface area contributed by atoms with Gasteiger partial charge in [-0.25, -0.2) is 4.39 Å². The minimum absolute atomic E-state index is 0.195. The molecule has 0 fully saturated rings. The third-order valence-electron chi connectivity index (χ3n) is 2.68. The van der Waals surface area contributed by atoms with Gasteiger partial charge in [-0.3, -0.25) is 0 Å². The molecule has 0 spiro atoms. The number of methoxy groups -OCH3 is 1. The maximum Gasteiger partial charge on any atom is 0.167 e. The van der Waals surface area contributed by atoms with Crippen molar-refractivity contribution in [2.75, 3.05) is 18.2 Å². The predicted molar refractivity (Wildman–Crippen MR) is 76.8 cm³/mol. The van der Waals surface area contributed by atoms with Crippen LogP contribution in [-0.4, -0.2) is 7.11 Å². The number of rotatable bonds is 3. The van der Waals surface area contributed by atoms with Crippen LogP contribution in [0.4, 0.5) is 21.5 Å². The molecule has 0 aliphatic carbocycles. The van der Waals surface area contributed by atoms with Crippen molar-refractivity contribution in [3.8, 4) is 5.75 Å². The highest BCUT2D eigenvalue weighted by atomic mass is 35.5. The Kier molecular flexibility index (Phi) is 3.81. The van der Waals surface area contributed by atoms with Gasteiger partial charge in [0.05, 0.1) is 23.5 Å². The van der Waals surface area contributed by atoms with Gasteiger partial charge in [0.15, 0.2) is 11.6 Å². The molecule has 0 aromatic heterocycles. The van der Waals surface area contributed by atoms with Crippen LogP contribution in [0.5, 0.6) is 5.75 Å². The van der Waals surface area contributed by atoms with Gasteiger partial charge in [-0.2, -0.15) is 0 Å². The van der Waals surface area contributed by atoms with Gasteiger partial charge in [-0.1, -0.05) is 11.6 Å². The number of halogens is 2. The van der Waals surface area contributed by atoms with Crippen LogP contribution in [0.15, 0.2) is 30.3 Å². The minimum Gasteiger partial charge on any atom is -0.494 e. The molecule has 0 unspecified atom stereocenters. The number of benzene rings is 2. The van der Waals surface area contributed by atoms with E-state index in [-0.39, 0.29) is 5.75 Å². The second kappa shape index (κ2) is 5.36. The van der Waals surface area contributed by atoms with E-state index in [0.717, 1.165) is 5.56 Å². The maximum atomic E-state index is 13.6. The summed E-state index contributed by atoms with van der Waals surface area (Å²) in [5, 5.41) is 3.46. The summed E-state index contributed by atoms with van der Waals surface area (Å²) in [5.41, 5.74) is 8.46. The molecule has 0 aliphatic rings. The van der Waals surface area contributed by atoms with E-state index in [2.05, 4.69) is 5.32 Å². The van der Waals surface area contributed by atoms with Crippen LogP contribution in [0.1, 0.15) is 5.56 Å². The molecule has 0 saturated carbocycles. The highest BCUT2D eigenvalue weighted by molar-refractivity contribution is 6.35. The number of aryl methyl sites for hydroxylation is 1. The zero-order valence-electron chi connectivity index (χ0n) is 10.6. The Morgan fingerprint density at radius 3 is 2.63 bits per heavy atom. The Bertz CT molecular complexity index is 617. The van der Waals surface area contributed by atoms with E-state index in [9.17, 15) is 4.39 Å². The lowest BCUT2D eigenvalue weighted by Gasteiger charge is -2.12. The first kappa shape index (κ1) is 13.5. The lowest BCUT2D eigenvalue weighted by Crippen LogP contribution is -1.97. The lowest BCUT2D eigenvalue weighted by atomic mass is 10.2. The first-order chi connectivity index (χ1) is 9.01. The molecule has 0 atom stereocenters. The molecule has 0 saturated heterocycles. The van der Waals surface area contributed by atoms with Crippen molar-refractivity contribution >= 4 is 28.7 Å². The number of hydrogen-bond donors (Lipinski definition) is 2. The molecule has 0 aliphatic heterocycles. The zero-order valence-corrected chi connectivity index (χ0v) is 11.4. The lowest BCUT2D eigenvalue weighted by molar-refractivity contribution is 0.386. The topological polar surface area (TPSA) is 47.3 Å². The fourth-order valence-electron chi connectivity index (χ4n) is 1.79. The van der Waals surface area contributed by atoms with E-state index in [1.807, 2.05) is 13.0 Å². The Labute approximate surface area is 116 Å². The smallest absolute Gasteiger partial charge is 0.167 e. The molecule has 0 amide bonds. The van der Waals surface area contributed by atoms with Gasteiger partial charge in [0.1, 0.15) is 0 Å². The molecule has 2 aromatic rings. The number of nitrogens with one attached hydrogen (secondary N) is 1. The van der Waals surface area contributed by atoms with Gasteiger partial charge in [-0.05, 0) is 36.8 Å². The first-order valence-corrected chi connectivity index (χ1v) is 6.05. The number of anilines is 3. The number of hydrogen-bond acceptors (Lipinski definition) is 3. The summed E-state index contributed by atoms with van der Waals surface area (Å²) in [6.07, 6.45) is 0. The second-order valence-electron chi connectivity index (χ2n) is 4.19. The highest BCUT2D eigenvalue weighted by Gasteiger charge is 2.08. The van der Waals surface area contributed by atoms with Gasteiger partial charge in [0.2, 0.25) is 0 Å². The standard InChI is InChI=1S/C14H14ClFN2O/c1-8-5-11(17)14(15)12(6-8)18-9-3-4-13(19-2)10(16)7-9/h3-7,18H,17H2,1-2H3. The summed E-state index contributed by atoms with van der Waals surface area (Å²) in [7, 11) is 1.42. The van der Waals surface area contributed by atoms with Crippen molar-refractivity contribution in [1.29, 1.82) is 0 Å². The molecule has 0 bridgehead atoms. The fraction of sp³-hybridized carbons (Fsp3) is 0.143. The van der Waals surface area contributed by atoms with Crippen LogP contribution in [0, 0.1) is 12.7 Å². The highest BCUT2D eigenvalue weighted by Crippen LogP contribution is 2.32. The van der Waals surface area contributed by atoms with Gasteiger partial charge >= 0.3 is 0 Å². The summed E-state index contributed by atoms with van der Waals surface area (Å²) in [5.74, 6) is -0.246. The van der Waals surface area contributed by atoms with Crippen molar-refractivity contribution in [3.63, 3.8) is 0 Å². The second-order valence-corrected chi connectivity index (χ2v) is 4.57. The van der Waals surface area contributed by atoms with E-state index < -0.39 is 5.82 Å². The SMILES string of the molecule is COc1ccc(Nc2cc(C)cc(N)c2Cl)cc1F. The summed E-state index contributed by atoms with van der Waals surface area (Å²) >= 11 is 6.11. The van der Waals surface area contributed by atoms with Crippen molar-refractivity contribution in [2.24, 2.45) is 0 Å². The molecule has 0 heterocycles. The number of nitrogen functional groups attached to an aromatic ring is 1. The van der Waals surface area contributed by atoms with Crippen molar-refractivity contribution in [1.82, 2.24) is 0 Å². The van der Waals surface area contributed by atoms with E-state index in [1.165, 1.54) is 13.2 Å². The van der Waals surface area contributed by atoms with Crippen molar-refractivity contribution in [2.45, 2.75) is 6.92 Å². The molecule has 3 N–H and O–H groups in total. The normalized spacial score (nSPS) is 10.3. The quantitative estimate of drug-likeness (QED) is 0.831. The summed E-state index contributed by atoms with van der Waals surface area (Å²) in [6.45, 7) is 1.91. The van der Waals surface area contributed by atoms with Gasteiger partial charge in [0.25, 0.3) is 0 Å². The molecule has 19 heavy (non-hydrogen) atoms. The monoisotopic (exact) mass is 280 g/mol. The maximum absolute atomic E-state index is 13.6. The van der Waals surface area contributed by atoms with Crippen LogP contribution in [0.2, 0.25) is 5.02 Å². The van der Waals surface area contributed by atoms with Crippen molar-refractivity contribution < 1.29 is 9.13 Å². The van der Waals surface area contributed by atoms with Crippen molar-refractivity contribution in [3.05, 3.63) is 46.7 Å². The van der Waals surface area contributed by atoms with Gasteiger partial charge in [0, 0.05) is 11.8 Å². The van der Waals surface area contributed by atoms with E-state index in [4.69, 9.17) is 22.1 Å². The van der Waals surface area contributed by atoms with E-state index >= 15 is 0 Å². The van der Waals surface area contributed by atoms with E-state index in [1.54, 1.807) is 18.2 Å². The van der Waals surface area contributed by atoms with Crippen LogP contribution >= 0.6 is 11.6 Å². The number of ether oxygens (including phenoxy) is 1. The predicted octanol–water partition coefficient (Wildman–Crippen LogP) is 4.12. The Hall–Kier alpha value is -1.94. The Balaban J connectivity index is 2.33. The molecular weight excluding hydrogens is 267 g/mol. The van der Waals surface area contributed by atoms with E-state index in [0.29, 0.717) is 22.1 Å². The fourth-order valence-corrected chi connectivity index (χ4v) is 1.94. The van der Waals surface area contributed by atoms with Crippen LogP contribution in [0.3, 0.4) is 0 Å².